The third-order valence-electron chi connectivity index (χ3n) is 1.36. The zero-order valence-electron chi connectivity index (χ0n) is 7.01. The van der Waals surface area contributed by atoms with Gasteiger partial charge in [-0.25, -0.2) is 0 Å². The van der Waals surface area contributed by atoms with Crippen LogP contribution in [0.4, 0.5) is 13.2 Å². The lowest BCUT2D eigenvalue weighted by molar-refractivity contribution is -0.325. The fraction of sp³-hybridized carbons (Fsp3) is 0.571. The molecule has 6 heteroatoms. The van der Waals surface area contributed by atoms with Gasteiger partial charge in [0.25, 0.3) is 0 Å². The first-order chi connectivity index (χ1) is 5.97. The van der Waals surface area contributed by atoms with Gasteiger partial charge in [0, 0.05) is 6.20 Å². The second-order valence-electron chi connectivity index (χ2n) is 2.51. The third kappa shape index (κ3) is 3.93. The molecule has 0 saturated heterocycles. The highest BCUT2D eigenvalue weighted by molar-refractivity contribution is 4.94. The molecular formula is C7H9F3N2O. The van der Waals surface area contributed by atoms with Crippen LogP contribution < -0.4 is 0 Å². The maximum atomic E-state index is 11.5. The minimum absolute atomic E-state index is 0.105. The summed E-state index contributed by atoms with van der Waals surface area (Å²) in [5, 5.41) is 3.90. The Morgan fingerprint density at radius 3 is 2.69 bits per heavy atom. The van der Waals surface area contributed by atoms with Crippen LogP contribution in [0.25, 0.3) is 0 Å². The van der Waals surface area contributed by atoms with Gasteiger partial charge in [0.05, 0.1) is 18.8 Å². The Balaban J connectivity index is 2.28. The molecule has 0 aliphatic rings. The fourth-order valence-electron chi connectivity index (χ4n) is 0.843. The van der Waals surface area contributed by atoms with Crippen LogP contribution in [0, 0.1) is 6.92 Å². The number of hydrogen-bond acceptors (Lipinski definition) is 2. The van der Waals surface area contributed by atoms with Crippen molar-refractivity contribution < 1.29 is 17.9 Å². The molecule has 0 radical (unpaired) electrons. The van der Waals surface area contributed by atoms with Crippen molar-refractivity contribution in [1.82, 2.24) is 9.78 Å². The van der Waals surface area contributed by atoms with Crippen molar-refractivity contribution >= 4 is 0 Å². The topological polar surface area (TPSA) is 27.1 Å². The highest BCUT2D eigenvalue weighted by atomic mass is 19.4. The molecule has 0 amide bonds. The monoisotopic (exact) mass is 194 g/mol. The summed E-state index contributed by atoms with van der Waals surface area (Å²) in [6.07, 6.45) is -2.95. The van der Waals surface area contributed by atoms with Crippen LogP contribution >= 0.6 is 0 Å². The maximum Gasteiger partial charge on any atom is 0.522 e. The highest BCUT2D eigenvalue weighted by Gasteiger charge is 2.28. The number of alkyl halides is 3. The minimum atomic E-state index is -4.55. The van der Waals surface area contributed by atoms with E-state index >= 15 is 0 Å². The van der Waals surface area contributed by atoms with Crippen molar-refractivity contribution in [1.29, 1.82) is 0 Å². The van der Waals surface area contributed by atoms with Gasteiger partial charge in [0.1, 0.15) is 0 Å². The van der Waals surface area contributed by atoms with Crippen molar-refractivity contribution in [2.45, 2.75) is 19.8 Å². The number of hydrogen-bond donors (Lipinski definition) is 0. The maximum absolute atomic E-state index is 11.5. The zero-order valence-corrected chi connectivity index (χ0v) is 7.01. The summed E-state index contributed by atoms with van der Waals surface area (Å²) in [5.41, 5.74) is 0.770. The summed E-state index contributed by atoms with van der Waals surface area (Å²) in [4.78, 5) is 0. The predicted molar refractivity (Wildman–Crippen MR) is 39.0 cm³/mol. The first-order valence-corrected chi connectivity index (χ1v) is 3.68. The van der Waals surface area contributed by atoms with Gasteiger partial charge in [0.15, 0.2) is 0 Å². The van der Waals surface area contributed by atoms with E-state index in [1.165, 1.54) is 4.68 Å². The Morgan fingerprint density at radius 1 is 1.54 bits per heavy atom. The number of halogens is 3. The van der Waals surface area contributed by atoms with E-state index in [-0.39, 0.29) is 6.54 Å². The van der Waals surface area contributed by atoms with Crippen molar-refractivity contribution in [3.05, 3.63) is 18.0 Å². The molecule has 0 aliphatic carbocycles. The second kappa shape index (κ2) is 3.78. The van der Waals surface area contributed by atoms with E-state index in [9.17, 15) is 13.2 Å². The molecule has 0 fully saturated rings. The van der Waals surface area contributed by atoms with Crippen molar-refractivity contribution in [3.8, 4) is 0 Å². The Labute approximate surface area is 73.1 Å². The number of nitrogens with zero attached hydrogens (tertiary/aromatic N) is 2. The van der Waals surface area contributed by atoms with Gasteiger partial charge in [-0.15, -0.1) is 13.2 Å². The molecule has 0 spiro atoms. The van der Waals surface area contributed by atoms with Crippen LogP contribution in [0.15, 0.2) is 12.3 Å². The fourth-order valence-corrected chi connectivity index (χ4v) is 0.843. The lowest BCUT2D eigenvalue weighted by Crippen LogP contribution is -2.17. The summed E-state index contributed by atoms with van der Waals surface area (Å²) in [5.74, 6) is 0. The molecule has 0 atom stereocenters. The van der Waals surface area contributed by atoms with Crippen LogP contribution in [-0.4, -0.2) is 22.7 Å². The molecule has 3 nitrogen and oxygen atoms in total. The van der Waals surface area contributed by atoms with E-state index in [4.69, 9.17) is 0 Å². The standard InChI is InChI=1S/C7H9F3N2O/c1-6-2-3-12(11-6)4-5-13-7(8,9)10/h2-3H,4-5H2,1H3. The molecule has 0 unspecified atom stereocenters. The van der Waals surface area contributed by atoms with Gasteiger partial charge in [-0.1, -0.05) is 0 Å². The predicted octanol–water partition coefficient (Wildman–Crippen LogP) is 1.73. The second-order valence-corrected chi connectivity index (χ2v) is 2.51. The molecular weight excluding hydrogens is 185 g/mol. The number of aromatic nitrogens is 2. The quantitative estimate of drug-likeness (QED) is 0.732. The molecule has 74 valence electrons. The molecule has 0 aromatic carbocycles. The largest absolute Gasteiger partial charge is 0.522 e. The van der Waals surface area contributed by atoms with E-state index in [0.29, 0.717) is 0 Å². The lowest BCUT2D eigenvalue weighted by atomic mass is 10.5. The van der Waals surface area contributed by atoms with E-state index in [2.05, 4.69) is 9.84 Å². The van der Waals surface area contributed by atoms with Crippen LogP contribution in [0.3, 0.4) is 0 Å². The summed E-state index contributed by atoms with van der Waals surface area (Å²) >= 11 is 0. The lowest BCUT2D eigenvalue weighted by Gasteiger charge is -2.06. The van der Waals surface area contributed by atoms with Gasteiger partial charge in [-0.05, 0) is 13.0 Å². The Morgan fingerprint density at radius 2 is 2.23 bits per heavy atom. The molecule has 1 aromatic rings. The summed E-state index contributed by atoms with van der Waals surface area (Å²) in [6, 6.07) is 1.72. The first-order valence-electron chi connectivity index (χ1n) is 3.68. The Bertz CT molecular complexity index is 269. The molecule has 1 heterocycles. The van der Waals surface area contributed by atoms with Crippen LogP contribution in [-0.2, 0) is 11.3 Å². The van der Waals surface area contributed by atoms with Gasteiger partial charge >= 0.3 is 6.36 Å². The van der Waals surface area contributed by atoms with Crippen LogP contribution in [0.2, 0.25) is 0 Å². The average molecular weight is 194 g/mol. The SMILES string of the molecule is Cc1ccn(CCOC(F)(F)F)n1. The van der Waals surface area contributed by atoms with Gasteiger partial charge in [-0.2, -0.15) is 5.10 Å². The zero-order chi connectivity index (χ0) is 9.90. The van der Waals surface area contributed by atoms with Crippen molar-refractivity contribution in [3.63, 3.8) is 0 Å². The van der Waals surface area contributed by atoms with Crippen molar-refractivity contribution in [2.75, 3.05) is 6.61 Å². The average Bonchev–Trinajstić information content (AvgIpc) is 2.33. The van der Waals surface area contributed by atoms with E-state index in [1.54, 1.807) is 19.2 Å². The minimum Gasteiger partial charge on any atom is -0.290 e. The molecule has 13 heavy (non-hydrogen) atoms. The normalized spacial score (nSPS) is 12.0. The van der Waals surface area contributed by atoms with Crippen LogP contribution in [0.1, 0.15) is 5.69 Å². The summed E-state index contributed by atoms with van der Waals surface area (Å²) < 4.78 is 39.5. The molecule has 0 saturated carbocycles. The Hall–Kier alpha value is -1.04. The summed E-state index contributed by atoms with van der Waals surface area (Å²) in [6.45, 7) is 1.46. The molecule has 0 N–H and O–H groups in total. The van der Waals surface area contributed by atoms with E-state index in [0.717, 1.165) is 5.69 Å². The molecule has 0 aliphatic heterocycles. The number of ether oxygens (including phenoxy) is 1. The highest BCUT2D eigenvalue weighted by Crippen LogP contribution is 2.15. The van der Waals surface area contributed by atoms with E-state index in [1.807, 2.05) is 0 Å². The van der Waals surface area contributed by atoms with Crippen molar-refractivity contribution in [2.24, 2.45) is 0 Å². The van der Waals surface area contributed by atoms with Gasteiger partial charge in [-0.3, -0.25) is 9.42 Å². The number of rotatable bonds is 3. The first kappa shape index (κ1) is 10.0. The molecule has 0 bridgehead atoms. The molecule has 1 rings (SSSR count). The Kier molecular flexibility index (Phi) is 2.92. The van der Waals surface area contributed by atoms with Gasteiger partial charge in [0.2, 0.25) is 0 Å². The van der Waals surface area contributed by atoms with Crippen LogP contribution in [0.5, 0.6) is 0 Å². The molecule has 1 aromatic heterocycles. The summed E-state index contributed by atoms with van der Waals surface area (Å²) in [7, 11) is 0. The van der Waals surface area contributed by atoms with E-state index < -0.39 is 13.0 Å². The van der Waals surface area contributed by atoms with Gasteiger partial charge < -0.3 is 0 Å². The smallest absolute Gasteiger partial charge is 0.290 e. The third-order valence-corrected chi connectivity index (χ3v) is 1.36. The number of aryl methyl sites for hydroxylation is 1.